The van der Waals surface area contributed by atoms with E-state index >= 15 is 0 Å². The maximum absolute atomic E-state index is 14.6. The van der Waals surface area contributed by atoms with Crippen LogP contribution in [-0.4, -0.2) is 13.1 Å². The van der Waals surface area contributed by atoms with E-state index in [-0.39, 0.29) is 0 Å². The van der Waals surface area contributed by atoms with Crippen molar-refractivity contribution >= 4 is 5.97 Å². The van der Waals surface area contributed by atoms with Crippen LogP contribution in [-0.2, 0) is 9.53 Å². The van der Waals surface area contributed by atoms with Crippen molar-refractivity contribution in [2.75, 3.05) is 7.11 Å². The maximum Gasteiger partial charge on any atom is 0.316 e. The molecule has 98 valence electrons. The van der Waals surface area contributed by atoms with E-state index in [2.05, 4.69) is 0 Å². The molecule has 2 atom stereocenters. The first kappa shape index (κ1) is 13.3. The summed E-state index contributed by atoms with van der Waals surface area (Å²) in [6, 6.07) is 17.5. The summed E-state index contributed by atoms with van der Waals surface area (Å²) in [7, 11) is 1.27. The quantitative estimate of drug-likeness (QED) is 0.782. The highest BCUT2D eigenvalue weighted by molar-refractivity contribution is 5.79. The number of rotatable bonds is 4. The first-order chi connectivity index (χ1) is 9.24. The third-order valence-corrected chi connectivity index (χ3v) is 3.02. The summed E-state index contributed by atoms with van der Waals surface area (Å²) in [4.78, 5) is 11.9. The van der Waals surface area contributed by atoms with Gasteiger partial charge in [0.25, 0.3) is 0 Å². The predicted octanol–water partition coefficient (Wildman–Crippen LogP) is 3.65. The second-order valence-electron chi connectivity index (χ2n) is 4.22. The van der Waals surface area contributed by atoms with Crippen molar-refractivity contribution in [3.8, 4) is 0 Å². The van der Waals surface area contributed by atoms with Crippen LogP contribution in [0.2, 0.25) is 0 Å². The lowest BCUT2D eigenvalue weighted by atomic mass is 9.90. The molecule has 0 aliphatic rings. The van der Waals surface area contributed by atoms with Crippen molar-refractivity contribution in [2.45, 2.75) is 12.1 Å². The van der Waals surface area contributed by atoms with E-state index < -0.39 is 18.1 Å². The zero-order valence-electron chi connectivity index (χ0n) is 10.6. The van der Waals surface area contributed by atoms with Crippen LogP contribution < -0.4 is 0 Å². The molecule has 2 nitrogen and oxygen atoms in total. The van der Waals surface area contributed by atoms with Gasteiger partial charge >= 0.3 is 5.97 Å². The zero-order chi connectivity index (χ0) is 13.7. The van der Waals surface area contributed by atoms with Crippen LogP contribution in [0.3, 0.4) is 0 Å². The van der Waals surface area contributed by atoms with E-state index in [0.29, 0.717) is 11.1 Å². The van der Waals surface area contributed by atoms with Gasteiger partial charge < -0.3 is 4.74 Å². The molecule has 0 saturated carbocycles. The van der Waals surface area contributed by atoms with Crippen LogP contribution >= 0.6 is 0 Å². The van der Waals surface area contributed by atoms with Crippen molar-refractivity contribution in [1.82, 2.24) is 0 Å². The fourth-order valence-electron chi connectivity index (χ4n) is 2.04. The summed E-state index contributed by atoms with van der Waals surface area (Å²) in [5, 5.41) is 0. The van der Waals surface area contributed by atoms with E-state index in [9.17, 15) is 9.18 Å². The maximum atomic E-state index is 14.6. The Morgan fingerprint density at radius 2 is 1.42 bits per heavy atom. The second-order valence-corrected chi connectivity index (χ2v) is 4.22. The molecule has 0 spiro atoms. The molecule has 0 unspecified atom stereocenters. The molecule has 3 heteroatoms. The topological polar surface area (TPSA) is 26.3 Å². The molecular formula is C16H15FO2. The minimum atomic E-state index is -1.42. The van der Waals surface area contributed by atoms with Crippen molar-refractivity contribution < 1.29 is 13.9 Å². The minimum Gasteiger partial charge on any atom is -0.468 e. The number of hydrogen-bond donors (Lipinski definition) is 0. The normalized spacial score (nSPS) is 13.6. The van der Waals surface area contributed by atoms with Crippen LogP contribution in [0.4, 0.5) is 4.39 Å². The van der Waals surface area contributed by atoms with Crippen molar-refractivity contribution in [1.29, 1.82) is 0 Å². The Kier molecular flexibility index (Phi) is 4.29. The van der Waals surface area contributed by atoms with Gasteiger partial charge in [0.1, 0.15) is 12.1 Å². The summed E-state index contributed by atoms with van der Waals surface area (Å²) < 4.78 is 19.4. The fourth-order valence-corrected chi connectivity index (χ4v) is 2.04. The molecule has 0 bridgehead atoms. The number of carbonyl (C=O) groups is 1. The van der Waals surface area contributed by atoms with Crippen molar-refractivity contribution in [3.63, 3.8) is 0 Å². The van der Waals surface area contributed by atoms with Gasteiger partial charge in [0.05, 0.1) is 7.11 Å². The first-order valence-corrected chi connectivity index (χ1v) is 6.06. The molecule has 0 N–H and O–H groups in total. The van der Waals surface area contributed by atoms with Gasteiger partial charge in [-0.15, -0.1) is 0 Å². The minimum absolute atomic E-state index is 0.474. The molecular weight excluding hydrogens is 243 g/mol. The molecule has 0 amide bonds. The number of esters is 1. The number of methoxy groups -OCH3 is 1. The van der Waals surface area contributed by atoms with Crippen molar-refractivity contribution in [2.24, 2.45) is 0 Å². The first-order valence-electron chi connectivity index (χ1n) is 6.06. The van der Waals surface area contributed by atoms with Gasteiger partial charge in [-0.25, -0.2) is 4.39 Å². The van der Waals surface area contributed by atoms with Gasteiger partial charge in [0.2, 0.25) is 0 Å². The molecule has 2 aromatic carbocycles. The lowest BCUT2D eigenvalue weighted by Crippen LogP contribution is -2.19. The van der Waals surface area contributed by atoms with E-state index in [4.69, 9.17) is 4.74 Å². The number of halogens is 1. The molecule has 19 heavy (non-hydrogen) atoms. The number of hydrogen-bond acceptors (Lipinski definition) is 2. The second kappa shape index (κ2) is 6.14. The molecule has 0 aliphatic carbocycles. The van der Waals surface area contributed by atoms with E-state index in [1.54, 1.807) is 48.5 Å². The van der Waals surface area contributed by atoms with Gasteiger partial charge in [0.15, 0.2) is 0 Å². The molecule has 0 radical (unpaired) electrons. The Balaban J connectivity index is 2.36. The number of benzene rings is 2. The fraction of sp³-hybridized carbons (Fsp3) is 0.188. The average molecular weight is 258 g/mol. The van der Waals surface area contributed by atoms with Gasteiger partial charge in [-0.2, -0.15) is 0 Å². The van der Waals surface area contributed by atoms with E-state index in [0.717, 1.165) is 0 Å². The monoisotopic (exact) mass is 258 g/mol. The Hall–Kier alpha value is -2.16. The molecule has 0 aliphatic heterocycles. The van der Waals surface area contributed by atoms with Crippen molar-refractivity contribution in [3.05, 3.63) is 71.8 Å². The molecule has 0 saturated heterocycles. The van der Waals surface area contributed by atoms with Crippen LogP contribution in [0.25, 0.3) is 0 Å². The lowest BCUT2D eigenvalue weighted by molar-refractivity contribution is -0.144. The summed E-state index contributed by atoms with van der Waals surface area (Å²) in [6.07, 6.45) is -1.42. The highest BCUT2D eigenvalue weighted by Crippen LogP contribution is 2.35. The molecule has 0 fully saturated rings. The molecule has 0 aromatic heterocycles. The third kappa shape index (κ3) is 2.99. The van der Waals surface area contributed by atoms with Crippen LogP contribution in [0.15, 0.2) is 60.7 Å². The van der Waals surface area contributed by atoms with Gasteiger partial charge in [0, 0.05) is 0 Å². The zero-order valence-corrected chi connectivity index (χ0v) is 10.6. The SMILES string of the molecule is COC(=O)[C@@H](c1ccccc1)[C@H](F)c1ccccc1. The Morgan fingerprint density at radius 1 is 0.947 bits per heavy atom. The standard InChI is InChI=1S/C16H15FO2/c1-19-16(18)14(12-8-4-2-5-9-12)15(17)13-10-6-3-7-11-13/h2-11,14-15H,1H3/t14-,15+/m0/s1. The largest absolute Gasteiger partial charge is 0.468 e. The highest BCUT2D eigenvalue weighted by Gasteiger charge is 2.31. The predicted molar refractivity (Wildman–Crippen MR) is 71.5 cm³/mol. The Morgan fingerprint density at radius 3 is 1.89 bits per heavy atom. The van der Waals surface area contributed by atoms with Gasteiger partial charge in [-0.1, -0.05) is 60.7 Å². The highest BCUT2D eigenvalue weighted by atomic mass is 19.1. The van der Waals surface area contributed by atoms with Gasteiger partial charge in [-0.05, 0) is 11.1 Å². The smallest absolute Gasteiger partial charge is 0.316 e. The van der Waals surface area contributed by atoms with Crippen LogP contribution in [0.5, 0.6) is 0 Å². The lowest BCUT2D eigenvalue weighted by Gasteiger charge is -2.19. The van der Waals surface area contributed by atoms with E-state index in [1.807, 2.05) is 12.1 Å². The van der Waals surface area contributed by atoms with Crippen LogP contribution in [0.1, 0.15) is 23.2 Å². The summed E-state index contributed by atoms with van der Waals surface area (Å²) in [6.45, 7) is 0. The molecule has 0 heterocycles. The number of alkyl halides is 1. The Labute approximate surface area is 111 Å². The number of ether oxygens (including phenoxy) is 1. The molecule has 2 rings (SSSR count). The Bertz CT molecular complexity index is 525. The third-order valence-electron chi connectivity index (χ3n) is 3.02. The number of carbonyl (C=O) groups excluding carboxylic acids is 1. The summed E-state index contributed by atoms with van der Waals surface area (Å²) in [5.74, 6) is -1.50. The van der Waals surface area contributed by atoms with Crippen LogP contribution in [0, 0.1) is 0 Å². The average Bonchev–Trinajstić information content (AvgIpc) is 2.49. The summed E-state index contributed by atoms with van der Waals surface area (Å²) in [5.41, 5.74) is 1.09. The summed E-state index contributed by atoms with van der Waals surface area (Å²) >= 11 is 0. The van der Waals surface area contributed by atoms with Gasteiger partial charge in [-0.3, -0.25) is 4.79 Å². The van der Waals surface area contributed by atoms with E-state index in [1.165, 1.54) is 7.11 Å². The molecule has 2 aromatic rings.